The Morgan fingerprint density at radius 3 is 0.775 bits per heavy atom. The van der Waals surface area contributed by atoms with Crippen LogP contribution in [-0.2, 0) is 24.7 Å². The average Bonchev–Trinajstić information content (AvgIpc) is 0.884. The third kappa shape index (κ3) is 30.0. The Bertz CT molecular complexity index is 4520. The highest BCUT2D eigenvalue weighted by atomic mass is 32.1. The number of rotatable bonds is 12. The van der Waals surface area contributed by atoms with Gasteiger partial charge in [0.15, 0.2) is 20.4 Å². The van der Waals surface area contributed by atoms with E-state index in [2.05, 4.69) is 72.1 Å². The Morgan fingerprint density at radius 1 is 0.300 bits per heavy atom. The molecule has 7 heterocycles. The molecule has 0 bridgehead atoms. The topological polar surface area (TPSA) is 216 Å². The standard InChI is InChI=1S/C22H25F3N4OS.C22H24F3N3OS.C21H23F3N4OS.C20H22F3N3O2S/c23-22(24,25)17-9-10-19(29-12-5-3-1-2-4-6-13-29)18(14-17)27-21(31)28-20(30)16-8-7-11-26-15-16;23-22(24,25)17-11-12-19(28-13-7-2-1-3-8-14-28)18(15-17)26-21(30)27-20(29)16-9-5-4-6-10-16;22-21(23,24)16-8-9-18(28-11-4-2-1-3-5-12-28)17(13-16)26-20(30)27-19(29)15-7-6-10-25-14-15;21-20(22,23)15-6-7-17(26-9-4-2-1-3-5-10-26)16(12-15)24-19(29)25-18(27)14-8-11-28-13-14/h7-11,14-15H,1-6,12-13H2,(H2,27,28,30,31);4-6,9-12,15H,1-3,7-8,13-14H2,(H2,26,27,29,30);6-10,13-14H,1-5,11-12H2,(H2,26,27,29,30);6-8,11-13H,1-5,9-10H2,(H2,24,25,27,29). The molecule has 0 radical (unpaired) electrons. The number of amides is 4. The van der Waals surface area contributed by atoms with Crippen molar-refractivity contribution in [1.82, 2.24) is 31.2 Å². The predicted octanol–water partition coefficient (Wildman–Crippen LogP) is 21.2. The minimum atomic E-state index is -4.48. The molecule has 12 rings (SSSR count). The Balaban J connectivity index is 0.000000182. The molecule has 0 aliphatic carbocycles. The number of nitrogens with one attached hydrogen (secondary N) is 8. The lowest BCUT2D eigenvalue weighted by Gasteiger charge is -2.29. The zero-order chi connectivity index (χ0) is 86.2. The molecule has 8 N–H and O–H groups in total. The summed E-state index contributed by atoms with van der Waals surface area (Å²) in [4.78, 5) is 65.1. The van der Waals surface area contributed by atoms with Crippen LogP contribution in [-0.4, -0.2) is 106 Å². The van der Waals surface area contributed by atoms with Gasteiger partial charge in [0.1, 0.15) is 6.26 Å². The van der Waals surface area contributed by atoms with Crippen molar-refractivity contribution in [2.75, 3.05) is 93.2 Å². The van der Waals surface area contributed by atoms with Gasteiger partial charge in [-0.2, -0.15) is 52.7 Å². The van der Waals surface area contributed by atoms with Gasteiger partial charge in [-0.3, -0.25) is 50.4 Å². The average molecular weight is 1750 g/mol. The second kappa shape index (κ2) is 45.8. The first-order valence-electron chi connectivity index (χ1n) is 39.6. The third-order valence-corrected chi connectivity index (χ3v) is 20.7. The summed E-state index contributed by atoms with van der Waals surface area (Å²) in [6, 6.07) is 30.7. The first-order chi connectivity index (χ1) is 57.4. The highest BCUT2D eigenvalue weighted by molar-refractivity contribution is 7.81. The lowest BCUT2D eigenvalue weighted by Crippen LogP contribution is -2.35. The third-order valence-electron chi connectivity index (χ3n) is 19.9. The van der Waals surface area contributed by atoms with Crippen molar-refractivity contribution in [3.05, 3.63) is 215 Å². The number of aromatic nitrogens is 2. The number of halogens is 12. The van der Waals surface area contributed by atoms with Gasteiger partial charge in [0.25, 0.3) is 23.6 Å². The molecule has 5 aromatic carbocycles. The van der Waals surface area contributed by atoms with Crippen LogP contribution in [0.3, 0.4) is 0 Å². The van der Waals surface area contributed by atoms with Crippen molar-refractivity contribution in [2.45, 2.75) is 160 Å². The molecular weight excluding hydrogens is 1650 g/mol. The number of thiocarbonyl (C=S) groups is 4. The second-order valence-electron chi connectivity index (χ2n) is 28.8. The van der Waals surface area contributed by atoms with Crippen LogP contribution in [0.25, 0.3) is 0 Å². The van der Waals surface area contributed by atoms with Gasteiger partial charge in [0.05, 0.1) is 90.7 Å². The van der Waals surface area contributed by atoms with Crippen molar-refractivity contribution < 1.29 is 76.3 Å². The van der Waals surface area contributed by atoms with Gasteiger partial charge in [0, 0.05) is 82.7 Å². The van der Waals surface area contributed by atoms with Gasteiger partial charge in [-0.25, -0.2) is 0 Å². The summed E-state index contributed by atoms with van der Waals surface area (Å²) in [5.74, 6) is -1.90. The van der Waals surface area contributed by atoms with Gasteiger partial charge in [-0.15, -0.1) is 0 Å². The van der Waals surface area contributed by atoms with Crippen molar-refractivity contribution in [1.29, 1.82) is 0 Å². The number of nitrogens with zero attached hydrogens (tertiary/aromatic N) is 6. The van der Waals surface area contributed by atoms with Crippen LogP contribution < -0.4 is 62.1 Å². The summed E-state index contributed by atoms with van der Waals surface area (Å²) >= 11 is 20.8. The molecule has 4 aliphatic heterocycles. The summed E-state index contributed by atoms with van der Waals surface area (Å²) in [6.45, 7) is 6.09. The first-order valence-corrected chi connectivity index (χ1v) is 41.2. The van der Waals surface area contributed by atoms with E-state index in [1.165, 1.54) is 99.7 Å². The molecule has 4 amide bonds. The predicted molar refractivity (Wildman–Crippen MR) is 460 cm³/mol. The minimum Gasteiger partial charge on any atom is -0.472 e. The van der Waals surface area contributed by atoms with Crippen molar-refractivity contribution >= 4 is 138 Å². The van der Waals surface area contributed by atoms with Crippen LogP contribution in [0.4, 0.5) is 98.2 Å². The van der Waals surface area contributed by atoms with E-state index in [-0.39, 0.29) is 48.8 Å². The fourth-order valence-electron chi connectivity index (χ4n) is 13.8. The molecule has 4 fully saturated rings. The number of alkyl halides is 12. The Hall–Kier alpha value is -10.5. The number of furan rings is 1. The van der Waals surface area contributed by atoms with Crippen LogP contribution in [0.1, 0.15) is 199 Å². The lowest BCUT2D eigenvalue weighted by atomic mass is 10.1. The molecule has 0 unspecified atom stereocenters. The maximum atomic E-state index is 13.3. The van der Waals surface area contributed by atoms with E-state index in [4.69, 9.17) is 53.3 Å². The molecule has 35 heteroatoms. The van der Waals surface area contributed by atoms with Crippen molar-refractivity contribution in [3.63, 3.8) is 0 Å². The summed E-state index contributed by atoms with van der Waals surface area (Å²) in [7, 11) is 0. The number of pyridine rings is 2. The number of anilines is 8. The maximum absolute atomic E-state index is 13.3. The normalized spacial score (nSPS) is 15.2. The second-order valence-corrected chi connectivity index (χ2v) is 30.4. The van der Waals surface area contributed by atoms with Crippen LogP contribution in [0.5, 0.6) is 0 Å². The zero-order valence-corrected chi connectivity index (χ0v) is 68.8. The lowest BCUT2D eigenvalue weighted by molar-refractivity contribution is -0.138. The number of benzene rings is 5. The van der Waals surface area contributed by atoms with Crippen molar-refractivity contribution in [2.24, 2.45) is 0 Å². The summed E-state index contributed by atoms with van der Waals surface area (Å²) in [6.07, 6.45) is 13.0. The summed E-state index contributed by atoms with van der Waals surface area (Å²) in [5, 5.41) is 20.9. The number of hydrogen-bond acceptors (Lipinski definition) is 15. The van der Waals surface area contributed by atoms with Crippen molar-refractivity contribution in [3.8, 4) is 0 Å². The van der Waals surface area contributed by atoms with E-state index in [0.717, 1.165) is 204 Å². The number of carbonyl (C=O) groups excluding carboxylic acids is 4. The van der Waals surface area contributed by atoms with E-state index in [1.54, 1.807) is 54.6 Å². The molecule has 4 aliphatic rings. The fourth-order valence-corrected chi connectivity index (χ4v) is 14.6. The molecule has 19 nitrogen and oxygen atoms in total. The van der Waals surface area contributed by atoms with E-state index >= 15 is 0 Å². The molecule has 0 spiro atoms. The van der Waals surface area contributed by atoms with E-state index in [9.17, 15) is 71.9 Å². The molecule has 3 aromatic heterocycles. The summed E-state index contributed by atoms with van der Waals surface area (Å²) in [5.41, 5.74) is 1.68. The van der Waals surface area contributed by atoms with E-state index in [1.807, 2.05) is 0 Å². The molecule has 4 saturated heterocycles. The molecule has 120 heavy (non-hydrogen) atoms. The minimum absolute atomic E-state index is 0.0449. The number of hydrogen-bond donors (Lipinski definition) is 8. The molecule has 8 aromatic rings. The highest BCUT2D eigenvalue weighted by Gasteiger charge is 2.36. The monoisotopic (exact) mass is 1750 g/mol. The van der Waals surface area contributed by atoms with Crippen LogP contribution >= 0.6 is 48.9 Å². The Labute approximate surface area is 710 Å². The van der Waals surface area contributed by atoms with Gasteiger partial charge in [-0.1, -0.05) is 102 Å². The van der Waals surface area contributed by atoms with Gasteiger partial charge < -0.3 is 45.3 Å². The smallest absolute Gasteiger partial charge is 0.416 e. The molecule has 0 atom stereocenters. The fraction of sp³-hybridized carbons (Fsp3) is 0.388. The van der Waals surface area contributed by atoms with E-state index < -0.39 is 70.6 Å². The highest BCUT2D eigenvalue weighted by Crippen LogP contribution is 2.41. The molecule has 0 saturated carbocycles. The molecule has 642 valence electrons. The Kier molecular flexibility index (Phi) is 35.6. The van der Waals surface area contributed by atoms with Gasteiger partial charge in [0.2, 0.25) is 0 Å². The SMILES string of the molecule is O=C(NC(=S)Nc1cc(C(F)(F)F)ccc1N1CCCCCCC1)c1ccccc1.O=C(NC(=S)Nc1cc(C(F)(F)F)ccc1N1CCCCCCC1)c1cccnc1.O=C(NC(=S)Nc1cc(C(F)(F)F)ccc1N1CCCCCCC1)c1ccoc1.O=C(NC(=S)Nc1cc(C(F)(F)F)ccc1N1CCCCCCCC1)c1cccnc1. The van der Waals surface area contributed by atoms with Gasteiger partial charge >= 0.3 is 24.7 Å². The van der Waals surface area contributed by atoms with Gasteiger partial charge in [-0.05, 0) is 215 Å². The van der Waals surface area contributed by atoms with Crippen LogP contribution in [0, 0.1) is 0 Å². The quantitative estimate of drug-likeness (QED) is 0.0421. The van der Waals surface area contributed by atoms with Crippen LogP contribution in [0.2, 0.25) is 0 Å². The van der Waals surface area contributed by atoms with E-state index in [0.29, 0.717) is 39.4 Å². The molecular formula is C85H94F12N14O5S4. The zero-order valence-electron chi connectivity index (χ0n) is 65.6. The van der Waals surface area contributed by atoms with Crippen LogP contribution in [0.15, 0.2) is 175 Å². The first kappa shape index (κ1) is 93.3. The largest absolute Gasteiger partial charge is 0.472 e. The summed E-state index contributed by atoms with van der Waals surface area (Å²) < 4.78 is 164. The number of carbonyl (C=O) groups is 4. The maximum Gasteiger partial charge on any atom is 0.416 e. The Morgan fingerprint density at radius 2 is 0.542 bits per heavy atom.